The van der Waals surface area contributed by atoms with E-state index in [-0.39, 0.29) is 6.29 Å². The van der Waals surface area contributed by atoms with Gasteiger partial charge in [0.05, 0.1) is 5.56 Å². The lowest BCUT2D eigenvalue weighted by Crippen LogP contribution is -2.13. The Hall–Kier alpha value is -1.51. The van der Waals surface area contributed by atoms with Crippen LogP contribution in [0.25, 0.3) is 0 Å². The molecule has 0 aromatic heterocycles. The Morgan fingerprint density at radius 2 is 1.75 bits per heavy atom. The second kappa shape index (κ2) is 6.78. The van der Waals surface area contributed by atoms with Crippen molar-refractivity contribution in [2.24, 2.45) is 11.8 Å². The molecule has 0 radical (unpaired) electrons. The summed E-state index contributed by atoms with van der Waals surface area (Å²) in [5, 5.41) is 0. The van der Waals surface area contributed by atoms with Crippen molar-refractivity contribution in [1.82, 2.24) is 0 Å². The average Bonchev–Trinajstić information content (AvgIpc) is 2.45. The number of rotatable bonds is 5. The van der Waals surface area contributed by atoms with E-state index in [0.717, 1.165) is 19.3 Å². The number of hydrogen-bond donors (Lipinski definition) is 0. The molecule has 1 fully saturated rings. The lowest BCUT2D eigenvalue weighted by Gasteiger charge is -2.26. The van der Waals surface area contributed by atoms with E-state index in [1.165, 1.54) is 25.0 Å². The lowest BCUT2D eigenvalue weighted by atomic mass is 9.79. The number of carbonyl (C=O) groups excluding carboxylic acids is 1. The van der Waals surface area contributed by atoms with Gasteiger partial charge in [-0.3, -0.25) is 4.79 Å². The maximum Gasteiger partial charge on any atom is 0.155 e. The van der Waals surface area contributed by atoms with Gasteiger partial charge in [-0.15, -0.1) is 6.58 Å². The van der Waals surface area contributed by atoms with Crippen LogP contribution < -0.4 is 0 Å². The zero-order valence-electron chi connectivity index (χ0n) is 11.6. The summed E-state index contributed by atoms with van der Waals surface area (Å²) in [7, 11) is 0. The first kappa shape index (κ1) is 14.9. The standard InChI is InChI=1S/C17H20F2O/c1-2-12-3-5-13(6-4-12)7-8-14-9-16(18)15(11-20)17(19)10-14/h2,9-13H,1,3-8H2. The minimum absolute atomic E-state index is 0.227. The average molecular weight is 278 g/mol. The van der Waals surface area contributed by atoms with Gasteiger partial charge in [-0.05, 0) is 68.1 Å². The molecule has 3 heteroatoms. The van der Waals surface area contributed by atoms with Crippen molar-refractivity contribution in [3.05, 3.63) is 47.5 Å². The molecule has 0 N–H and O–H groups in total. The van der Waals surface area contributed by atoms with Crippen LogP contribution in [0.2, 0.25) is 0 Å². The first-order valence-electron chi connectivity index (χ1n) is 7.19. The fourth-order valence-corrected chi connectivity index (χ4v) is 2.98. The number of hydrogen-bond acceptors (Lipinski definition) is 1. The van der Waals surface area contributed by atoms with Crippen molar-refractivity contribution >= 4 is 6.29 Å². The lowest BCUT2D eigenvalue weighted by molar-refractivity contribution is 0.111. The number of allylic oxidation sites excluding steroid dienone is 1. The van der Waals surface area contributed by atoms with Crippen LogP contribution in [0.5, 0.6) is 0 Å². The van der Waals surface area contributed by atoms with Crippen LogP contribution in [0.1, 0.15) is 48.0 Å². The third kappa shape index (κ3) is 3.53. The van der Waals surface area contributed by atoms with E-state index in [9.17, 15) is 13.6 Å². The molecule has 1 aromatic rings. The van der Waals surface area contributed by atoms with Gasteiger partial charge in [-0.2, -0.15) is 0 Å². The fraction of sp³-hybridized carbons (Fsp3) is 0.471. The molecule has 0 heterocycles. The fourth-order valence-electron chi connectivity index (χ4n) is 2.98. The molecule has 1 aliphatic rings. The molecular weight excluding hydrogens is 258 g/mol. The quantitative estimate of drug-likeness (QED) is 0.563. The minimum Gasteiger partial charge on any atom is -0.298 e. The Kier molecular flexibility index (Phi) is 5.05. The van der Waals surface area contributed by atoms with E-state index in [2.05, 4.69) is 6.58 Å². The van der Waals surface area contributed by atoms with Crippen molar-refractivity contribution in [3.63, 3.8) is 0 Å². The normalized spacial score (nSPS) is 22.5. The molecule has 0 saturated heterocycles. The first-order valence-corrected chi connectivity index (χ1v) is 7.19. The van der Waals surface area contributed by atoms with Crippen LogP contribution in [-0.2, 0) is 6.42 Å². The Bertz CT molecular complexity index is 465. The summed E-state index contributed by atoms with van der Waals surface area (Å²) >= 11 is 0. The van der Waals surface area contributed by atoms with E-state index >= 15 is 0 Å². The summed E-state index contributed by atoms with van der Waals surface area (Å²) in [6.07, 6.45) is 8.52. The summed E-state index contributed by atoms with van der Waals surface area (Å²) in [6.45, 7) is 3.83. The second-order valence-electron chi connectivity index (χ2n) is 5.65. The molecule has 1 nitrogen and oxygen atoms in total. The SMILES string of the molecule is C=CC1CCC(CCc2cc(F)c(C=O)c(F)c2)CC1. The third-order valence-electron chi connectivity index (χ3n) is 4.32. The van der Waals surface area contributed by atoms with E-state index < -0.39 is 17.2 Å². The predicted molar refractivity (Wildman–Crippen MR) is 75.7 cm³/mol. The Morgan fingerprint density at radius 1 is 1.15 bits per heavy atom. The minimum atomic E-state index is -0.759. The molecular formula is C17H20F2O. The van der Waals surface area contributed by atoms with Crippen molar-refractivity contribution in [2.75, 3.05) is 0 Å². The molecule has 0 bridgehead atoms. The predicted octanol–water partition coefficient (Wildman–Crippen LogP) is 4.70. The molecule has 0 amide bonds. The summed E-state index contributed by atoms with van der Waals surface area (Å²) in [6, 6.07) is 2.56. The van der Waals surface area contributed by atoms with Crippen molar-refractivity contribution < 1.29 is 13.6 Å². The number of benzene rings is 1. The van der Waals surface area contributed by atoms with Gasteiger partial charge in [0.25, 0.3) is 0 Å². The highest BCUT2D eigenvalue weighted by molar-refractivity contribution is 5.75. The van der Waals surface area contributed by atoms with Gasteiger partial charge in [-0.25, -0.2) is 8.78 Å². The highest BCUT2D eigenvalue weighted by Crippen LogP contribution is 2.32. The van der Waals surface area contributed by atoms with Gasteiger partial charge in [0.1, 0.15) is 11.6 Å². The number of carbonyl (C=O) groups is 1. The zero-order chi connectivity index (χ0) is 14.5. The highest BCUT2D eigenvalue weighted by atomic mass is 19.1. The third-order valence-corrected chi connectivity index (χ3v) is 4.32. The molecule has 2 rings (SSSR count). The van der Waals surface area contributed by atoms with Crippen molar-refractivity contribution in [3.8, 4) is 0 Å². The summed E-state index contributed by atoms with van der Waals surface area (Å²) in [4.78, 5) is 10.5. The van der Waals surface area contributed by atoms with Gasteiger partial charge in [0.2, 0.25) is 0 Å². The number of aryl methyl sites for hydroxylation is 1. The van der Waals surface area contributed by atoms with Gasteiger partial charge in [-0.1, -0.05) is 6.08 Å². The van der Waals surface area contributed by atoms with E-state index in [1.54, 1.807) is 0 Å². The van der Waals surface area contributed by atoms with Gasteiger partial charge in [0.15, 0.2) is 6.29 Å². The molecule has 108 valence electrons. The largest absolute Gasteiger partial charge is 0.298 e. The number of aldehydes is 1. The topological polar surface area (TPSA) is 17.1 Å². The summed E-state index contributed by atoms with van der Waals surface area (Å²) in [5.41, 5.74) is 0.164. The molecule has 1 aliphatic carbocycles. The zero-order valence-corrected chi connectivity index (χ0v) is 11.6. The summed E-state index contributed by atoms with van der Waals surface area (Å²) in [5.74, 6) is -0.258. The van der Waals surface area contributed by atoms with E-state index in [0.29, 0.717) is 23.8 Å². The van der Waals surface area contributed by atoms with E-state index in [4.69, 9.17) is 0 Å². The molecule has 0 spiro atoms. The van der Waals surface area contributed by atoms with Crippen LogP contribution in [-0.4, -0.2) is 6.29 Å². The molecule has 20 heavy (non-hydrogen) atoms. The first-order chi connectivity index (χ1) is 9.63. The number of halogens is 2. The van der Waals surface area contributed by atoms with Crippen LogP contribution in [0.3, 0.4) is 0 Å². The highest BCUT2D eigenvalue weighted by Gasteiger charge is 2.19. The Labute approximate surface area is 118 Å². The van der Waals surface area contributed by atoms with Gasteiger partial charge in [0, 0.05) is 0 Å². The smallest absolute Gasteiger partial charge is 0.155 e. The van der Waals surface area contributed by atoms with Gasteiger partial charge < -0.3 is 0 Å². The maximum absolute atomic E-state index is 13.5. The molecule has 1 aromatic carbocycles. The monoisotopic (exact) mass is 278 g/mol. The van der Waals surface area contributed by atoms with Crippen molar-refractivity contribution in [1.29, 1.82) is 0 Å². The Morgan fingerprint density at radius 3 is 2.25 bits per heavy atom. The van der Waals surface area contributed by atoms with Gasteiger partial charge >= 0.3 is 0 Å². The van der Waals surface area contributed by atoms with Crippen LogP contribution in [0, 0.1) is 23.5 Å². The van der Waals surface area contributed by atoms with Crippen LogP contribution in [0.4, 0.5) is 8.78 Å². The van der Waals surface area contributed by atoms with Crippen LogP contribution in [0.15, 0.2) is 24.8 Å². The maximum atomic E-state index is 13.5. The molecule has 0 aliphatic heterocycles. The van der Waals surface area contributed by atoms with Crippen molar-refractivity contribution in [2.45, 2.75) is 38.5 Å². The molecule has 0 unspecified atom stereocenters. The Balaban J connectivity index is 1.91. The van der Waals surface area contributed by atoms with E-state index in [1.807, 2.05) is 6.08 Å². The summed E-state index contributed by atoms with van der Waals surface area (Å²) < 4.78 is 27.0. The second-order valence-corrected chi connectivity index (χ2v) is 5.65. The van der Waals surface area contributed by atoms with Crippen LogP contribution >= 0.6 is 0 Å². The molecule has 0 atom stereocenters. The molecule has 1 saturated carbocycles.